The molecule has 3 aromatic carbocycles. The van der Waals surface area contributed by atoms with Crippen molar-refractivity contribution >= 4 is 21.3 Å². The van der Waals surface area contributed by atoms with E-state index >= 15 is 0 Å². The van der Waals surface area contributed by atoms with Crippen molar-refractivity contribution in [3.63, 3.8) is 0 Å². The molecule has 0 N–H and O–H groups in total. The van der Waals surface area contributed by atoms with E-state index in [2.05, 4.69) is 4.90 Å². The number of allylic oxidation sites excluding steroid dienone is 1. The molecule has 5 rings (SSSR count). The Labute approximate surface area is 242 Å². The minimum Gasteiger partial charge on any atom is -0.497 e. The molecule has 218 valence electrons. The number of ether oxygens (including phenoxy) is 3. The van der Waals surface area contributed by atoms with Crippen molar-refractivity contribution in [3.05, 3.63) is 89.0 Å². The molecule has 1 heterocycles. The molecule has 2 aliphatic rings. The number of hydrogen-bond acceptors (Lipinski definition) is 8. The minimum atomic E-state index is -3.89. The first-order valence-electron chi connectivity index (χ1n) is 13.9. The summed E-state index contributed by atoms with van der Waals surface area (Å²) in [5, 5.41) is 0. The third-order valence-corrected chi connectivity index (χ3v) is 7.90. The molecule has 1 unspecified atom stereocenters. The first-order chi connectivity index (χ1) is 19.8. The Kier molecular flexibility index (Phi) is 9.29. The van der Waals surface area contributed by atoms with E-state index in [1.807, 2.05) is 66.7 Å². The van der Waals surface area contributed by atoms with Gasteiger partial charge in [-0.3, -0.25) is 4.90 Å². The summed E-state index contributed by atoms with van der Waals surface area (Å²) in [6, 6.07) is 21.3. The van der Waals surface area contributed by atoms with Crippen LogP contribution in [-0.4, -0.2) is 60.0 Å². The van der Waals surface area contributed by atoms with E-state index in [9.17, 15) is 8.42 Å². The van der Waals surface area contributed by atoms with Crippen LogP contribution in [0.2, 0.25) is 0 Å². The van der Waals surface area contributed by atoms with E-state index in [1.165, 1.54) is 12.8 Å². The number of hydrogen-bond donors (Lipinski definition) is 0. The number of aryl methyl sites for hydroxylation is 1. The molecule has 1 fully saturated rings. The second-order valence-corrected chi connectivity index (χ2v) is 11.9. The summed E-state index contributed by atoms with van der Waals surface area (Å²) in [4.78, 5) is 8.19. The van der Waals surface area contributed by atoms with Crippen molar-refractivity contribution in [1.29, 1.82) is 0 Å². The van der Waals surface area contributed by atoms with Crippen LogP contribution < -0.4 is 14.2 Å². The molecule has 0 spiro atoms. The first-order valence-corrected chi connectivity index (χ1v) is 15.7. The number of rotatable bonds is 12. The molecular weight excluding hydrogens is 542 g/mol. The van der Waals surface area contributed by atoms with E-state index in [4.69, 9.17) is 23.4 Å². The quantitative estimate of drug-likeness (QED) is 0.200. The van der Waals surface area contributed by atoms with Crippen LogP contribution in [0.5, 0.6) is 17.2 Å². The Morgan fingerprint density at radius 3 is 2.27 bits per heavy atom. The third kappa shape index (κ3) is 7.29. The van der Waals surface area contributed by atoms with Crippen LogP contribution in [0.25, 0.3) is 11.1 Å². The highest BCUT2D eigenvalue weighted by atomic mass is 32.2. The molecule has 0 aromatic heterocycles. The molecule has 3 aromatic rings. The Balaban J connectivity index is 1.54. The zero-order valence-corrected chi connectivity index (χ0v) is 24.6. The fourth-order valence-electron chi connectivity index (χ4n) is 5.55. The average Bonchev–Trinajstić information content (AvgIpc) is 3.50. The largest absolute Gasteiger partial charge is 0.497 e. The smallest absolute Gasteiger partial charge is 0.290 e. The number of benzene rings is 3. The molecule has 1 aliphatic carbocycles. The topological polar surface area (TPSA) is 83.5 Å². The Bertz CT molecular complexity index is 1480. The van der Waals surface area contributed by atoms with Crippen LogP contribution in [0.1, 0.15) is 47.6 Å². The van der Waals surface area contributed by atoms with Gasteiger partial charge >= 0.3 is 0 Å². The SMILES string of the molecule is COc1cccc(C2=C(C(OOS(C)(=O)=O)c3ccc(OCCN4CCCC4)cc3)c3ccc(OC)cc3CC2)c1. The zero-order valence-electron chi connectivity index (χ0n) is 23.8. The maximum Gasteiger partial charge on any atom is 0.290 e. The van der Waals surface area contributed by atoms with Gasteiger partial charge in [0.15, 0.2) is 0 Å². The summed E-state index contributed by atoms with van der Waals surface area (Å²) < 4.78 is 46.1. The molecule has 0 radical (unpaired) electrons. The summed E-state index contributed by atoms with van der Waals surface area (Å²) in [5.74, 6) is 2.23. The Morgan fingerprint density at radius 1 is 0.854 bits per heavy atom. The van der Waals surface area contributed by atoms with Crippen molar-refractivity contribution in [2.45, 2.75) is 31.8 Å². The Hall–Kier alpha value is -3.37. The lowest BCUT2D eigenvalue weighted by atomic mass is 9.79. The molecule has 1 aliphatic heterocycles. The van der Waals surface area contributed by atoms with Gasteiger partial charge in [-0.1, -0.05) is 30.3 Å². The predicted octanol–water partition coefficient (Wildman–Crippen LogP) is 5.68. The summed E-state index contributed by atoms with van der Waals surface area (Å²) in [6.45, 7) is 3.75. The normalized spacial score (nSPS) is 16.4. The number of methoxy groups -OCH3 is 2. The van der Waals surface area contributed by atoms with Gasteiger partial charge in [0.2, 0.25) is 0 Å². The lowest BCUT2D eigenvalue weighted by molar-refractivity contribution is -0.225. The molecule has 41 heavy (non-hydrogen) atoms. The van der Waals surface area contributed by atoms with Crippen molar-refractivity contribution in [3.8, 4) is 17.2 Å². The highest BCUT2D eigenvalue weighted by Gasteiger charge is 2.31. The summed E-state index contributed by atoms with van der Waals surface area (Å²) in [7, 11) is -0.610. The fraction of sp³-hybridized carbons (Fsp3) is 0.375. The standard InChI is InChI=1S/C32H37NO7S/c1-36-27-8-6-7-24(21-27)29-15-11-25-22-28(37-2)14-16-30(25)31(29)32(39-40-41(3,34)35)23-9-12-26(13-10-23)38-20-19-33-17-4-5-18-33/h6-10,12-14,16,21-22,32H,4-5,11,15,17-20H2,1-3H3. The summed E-state index contributed by atoms with van der Waals surface area (Å²) >= 11 is 0. The molecule has 0 saturated carbocycles. The van der Waals surface area contributed by atoms with Crippen LogP contribution >= 0.6 is 0 Å². The number of nitrogens with zero attached hydrogens (tertiary/aromatic N) is 1. The van der Waals surface area contributed by atoms with Gasteiger partial charge in [-0.15, -0.1) is 4.33 Å². The third-order valence-electron chi connectivity index (χ3n) is 7.57. The van der Waals surface area contributed by atoms with Gasteiger partial charge in [0.05, 0.1) is 20.5 Å². The van der Waals surface area contributed by atoms with Crippen molar-refractivity contribution in [2.24, 2.45) is 0 Å². The average molecular weight is 580 g/mol. The molecule has 1 atom stereocenters. The molecule has 0 bridgehead atoms. The van der Waals surface area contributed by atoms with Crippen LogP contribution in [0, 0.1) is 0 Å². The summed E-state index contributed by atoms with van der Waals surface area (Å²) in [5.41, 5.74) is 5.59. The van der Waals surface area contributed by atoms with Gasteiger partial charge in [0.25, 0.3) is 10.1 Å². The van der Waals surface area contributed by atoms with Crippen molar-refractivity contribution in [2.75, 3.05) is 46.7 Å². The first kappa shape index (κ1) is 29.1. The van der Waals surface area contributed by atoms with Crippen LogP contribution in [0.15, 0.2) is 66.7 Å². The maximum atomic E-state index is 12.1. The van der Waals surface area contributed by atoms with Gasteiger partial charge < -0.3 is 14.2 Å². The maximum absolute atomic E-state index is 12.1. The molecule has 1 saturated heterocycles. The van der Waals surface area contributed by atoms with Crippen molar-refractivity contribution < 1.29 is 31.8 Å². The number of fused-ring (bicyclic) bond motifs is 1. The van der Waals surface area contributed by atoms with E-state index in [1.54, 1.807) is 14.2 Å². The highest BCUT2D eigenvalue weighted by Crippen LogP contribution is 2.46. The van der Waals surface area contributed by atoms with E-state index < -0.39 is 16.2 Å². The minimum absolute atomic E-state index is 0.608. The molecule has 0 amide bonds. The summed E-state index contributed by atoms with van der Waals surface area (Å²) in [6.07, 6.45) is 4.12. The second kappa shape index (κ2) is 13.1. The highest BCUT2D eigenvalue weighted by molar-refractivity contribution is 7.85. The Morgan fingerprint density at radius 2 is 1.56 bits per heavy atom. The van der Waals surface area contributed by atoms with Crippen LogP contribution in [-0.2, 0) is 25.8 Å². The zero-order chi connectivity index (χ0) is 28.8. The van der Waals surface area contributed by atoms with Gasteiger partial charge in [0.1, 0.15) is 30.0 Å². The van der Waals surface area contributed by atoms with E-state index in [0.29, 0.717) is 13.0 Å². The van der Waals surface area contributed by atoms with Crippen LogP contribution in [0.3, 0.4) is 0 Å². The second-order valence-electron chi connectivity index (χ2n) is 10.4. The number of likely N-dealkylation sites (tertiary alicyclic amines) is 1. The molecule has 8 nitrogen and oxygen atoms in total. The van der Waals surface area contributed by atoms with E-state index in [-0.39, 0.29) is 0 Å². The molecular formula is C32H37NO7S. The lowest BCUT2D eigenvalue weighted by Crippen LogP contribution is -2.25. The monoisotopic (exact) mass is 579 g/mol. The van der Waals surface area contributed by atoms with Gasteiger partial charge in [0, 0.05) is 6.54 Å². The predicted molar refractivity (Wildman–Crippen MR) is 158 cm³/mol. The van der Waals surface area contributed by atoms with Gasteiger partial charge in [-0.2, -0.15) is 8.42 Å². The molecule has 9 heteroatoms. The van der Waals surface area contributed by atoms with Gasteiger partial charge in [-0.05, 0) is 109 Å². The lowest BCUT2D eigenvalue weighted by Gasteiger charge is -2.29. The van der Waals surface area contributed by atoms with Crippen molar-refractivity contribution in [1.82, 2.24) is 4.90 Å². The fourth-order valence-corrected chi connectivity index (χ4v) is 5.77. The van der Waals surface area contributed by atoms with Gasteiger partial charge in [-0.25, -0.2) is 4.89 Å². The van der Waals surface area contributed by atoms with Crippen LogP contribution in [0.4, 0.5) is 0 Å². The van der Waals surface area contributed by atoms with E-state index in [0.717, 1.165) is 83.0 Å².